The van der Waals surface area contributed by atoms with Gasteiger partial charge in [0.15, 0.2) is 0 Å². The third-order valence-electron chi connectivity index (χ3n) is 3.38. The van der Waals surface area contributed by atoms with Crippen molar-refractivity contribution in [3.8, 4) is 11.3 Å². The second kappa shape index (κ2) is 5.88. The Morgan fingerprint density at radius 1 is 1.18 bits per heavy atom. The van der Waals surface area contributed by atoms with Crippen LogP contribution in [0.2, 0.25) is 0 Å². The summed E-state index contributed by atoms with van der Waals surface area (Å²) in [6.07, 6.45) is 3.46. The fraction of sp³-hybridized carbons (Fsp3) is 0.267. The Balaban J connectivity index is 1.53. The summed E-state index contributed by atoms with van der Waals surface area (Å²) in [7, 11) is 0. The number of likely N-dealkylation sites (tertiary alicyclic amines) is 1. The molecule has 1 N–H and O–H groups in total. The highest BCUT2D eigenvalue weighted by Gasteiger charge is 2.30. The molecular formula is C15H14N2O5. The molecule has 3 amide bonds. The van der Waals surface area contributed by atoms with E-state index in [2.05, 4.69) is 5.32 Å². The van der Waals surface area contributed by atoms with Crippen LogP contribution in [0.25, 0.3) is 11.3 Å². The van der Waals surface area contributed by atoms with Gasteiger partial charge in [0, 0.05) is 12.8 Å². The molecule has 1 fully saturated rings. The lowest BCUT2D eigenvalue weighted by Crippen LogP contribution is -2.39. The average molecular weight is 302 g/mol. The number of carbonyl (C=O) groups excluding carboxylic acids is 3. The van der Waals surface area contributed by atoms with Crippen molar-refractivity contribution in [2.75, 3.05) is 6.54 Å². The molecule has 1 aliphatic heterocycles. The number of hydrogen-bond donors (Lipinski definition) is 1. The molecule has 0 bridgehead atoms. The van der Waals surface area contributed by atoms with E-state index >= 15 is 0 Å². The van der Waals surface area contributed by atoms with E-state index in [1.54, 1.807) is 30.7 Å². The molecule has 7 heteroatoms. The second-order valence-corrected chi connectivity index (χ2v) is 4.93. The summed E-state index contributed by atoms with van der Waals surface area (Å²) in [5, 5.41) is 2.62. The predicted octanol–water partition coefficient (Wildman–Crippen LogP) is 1.30. The first-order valence-corrected chi connectivity index (χ1v) is 6.84. The molecule has 2 aromatic rings. The van der Waals surface area contributed by atoms with Crippen LogP contribution in [-0.2, 0) is 20.9 Å². The van der Waals surface area contributed by atoms with E-state index < -0.39 is 5.91 Å². The number of nitrogens with one attached hydrogen (secondary N) is 1. The van der Waals surface area contributed by atoms with E-state index in [9.17, 15) is 14.4 Å². The van der Waals surface area contributed by atoms with Crippen molar-refractivity contribution < 1.29 is 23.2 Å². The quantitative estimate of drug-likeness (QED) is 0.840. The summed E-state index contributed by atoms with van der Waals surface area (Å²) in [5.41, 5.74) is 0.811. The highest BCUT2D eigenvalue weighted by atomic mass is 16.3. The number of hydrogen-bond acceptors (Lipinski definition) is 5. The Morgan fingerprint density at radius 3 is 2.64 bits per heavy atom. The molecule has 0 unspecified atom stereocenters. The Bertz CT molecular complexity index is 685. The fourth-order valence-electron chi connectivity index (χ4n) is 2.22. The van der Waals surface area contributed by atoms with E-state index in [0.717, 1.165) is 10.5 Å². The highest BCUT2D eigenvalue weighted by Crippen LogP contribution is 2.22. The lowest BCUT2D eigenvalue weighted by atomic mass is 10.3. The molecule has 1 aliphatic rings. The summed E-state index contributed by atoms with van der Waals surface area (Å²) >= 11 is 0. The maximum atomic E-state index is 11.8. The van der Waals surface area contributed by atoms with Crippen LogP contribution in [0, 0.1) is 0 Å². The lowest BCUT2D eigenvalue weighted by Gasteiger charge is -2.12. The molecule has 0 saturated carbocycles. The Labute approximate surface area is 125 Å². The Hall–Kier alpha value is -2.83. The van der Waals surface area contributed by atoms with Gasteiger partial charge >= 0.3 is 0 Å². The number of amides is 3. The van der Waals surface area contributed by atoms with Gasteiger partial charge in [0.05, 0.1) is 18.4 Å². The number of rotatable bonds is 5. The minimum absolute atomic E-state index is 0.179. The van der Waals surface area contributed by atoms with E-state index in [0.29, 0.717) is 11.5 Å². The van der Waals surface area contributed by atoms with Gasteiger partial charge in [0.25, 0.3) is 0 Å². The number of carbonyl (C=O) groups is 3. The molecule has 7 nitrogen and oxygen atoms in total. The van der Waals surface area contributed by atoms with Gasteiger partial charge in [-0.25, -0.2) is 0 Å². The van der Waals surface area contributed by atoms with Gasteiger partial charge in [0.2, 0.25) is 17.7 Å². The largest absolute Gasteiger partial charge is 0.472 e. The maximum absolute atomic E-state index is 11.8. The molecule has 0 atom stereocenters. The minimum atomic E-state index is -0.398. The van der Waals surface area contributed by atoms with Gasteiger partial charge < -0.3 is 14.2 Å². The smallest absolute Gasteiger partial charge is 0.240 e. The first-order chi connectivity index (χ1) is 10.6. The zero-order valence-electron chi connectivity index (χ0n) is 11.7. The van der Waals surface area contributed by atoms with Crippen LogP contribution in [0.4, 0.5) is 0 Å². The third kappa shape index (κ3) is 2.93. The van der Waals surface area contributed by atoms with E-state index in [1.165, 1.54) is 0 Å². The van der Waals surface area contributed by atoms with Gasteiger partial charge in [0.1, 0.15) is 24.3 Å². The van der Waals surface area contributed by atoms with Crippen LogP contribution in [-0.4, -0.2) is 29.2 Å². The van der Waals surface area contributed by atoms with Crippen molar-refractivity contribution >= 4 is 17.7 Å². The number of nitrogens with zero attached hydrogens (tertiary/aromatic N) is 1. The van der Waals surface area contributed by atoms with Crippen molar-refractivity contribution in [2.45, 2.75) is 19.4 Å². The molecule has 0 aliphatic carbocycles. The van der Waals surface area contributed by atoms with Crippen molar-refractivity contribution in [1.29, 1.82) is 0 Å². The number of furan rings is 2. The molecule has 0 spiro atoms. The van der Waals surface area contributed by atoms with Crippen LogP contribution >= 0.6 is 0 Å². The first kappa shape index (κ1) is 14.1. The monoisotopic (exact) mass is 302 g/mol. The predicted molar refractivity (Wildman–Crippen MR) is 74.2 cm³/mol. The van der Waals surface area contributed by atoms with Gasteiger partial charge in [-0.3, -0.25) is 19.3 Å². The Morgan fingerprint density at radius 2 is 1.95 bits per heavy atom. The van der Waals surface area contributed by atoms with E-state index in [1.807, 2.05) is 0 Å². The summed E-state index contributed by atoms with van der Waals surface area (Å²) < 4.78 is 10.5. The van der Waals surface area contributed by atoms with Gasteiger partial charge in [-0.2, -0.15) is 0 Å². The zero-order valence-corrected chi connectivity index (χ0v) is 11.7. The summed E-state index contributed by atoms with van der Waals surface area (Å²) in [4.78, 5) is 35.6. The molecule has 114 valence electrons. The van der Waals surface area contributed by atoms with Crippen molar-refractivity contribution in [3.05, 3.63) is 36.5 Å². The highest BCUT2D eigenvalue weighted by molar-refractivity contribution is 6.04. The van der Waals surface area contributed by atoms with Gasteiger partial charge in [-0.15, -0.1) is 0 Å². The van der Waals surface area contributed by atoms with E-state index in [4.69, 9.17) is 8.83 Å². The fourth-order valence-corrected chi connectivity index (χ4v) is 2.22. The second-order valence-electron chi connectivity index (χ2n) is 4.93. The van der Waals surface area contributed by atoms with Gasteiger partial charge in [-0.05, 0) is 18.2 Å². The molecule has 0 aromatic carbocycles. The van der Waals surface area contributed by atoms with Crippen LogP contribution in [0.15, 0.2) is 39.6 Å². The van der Waals surface area contributed by atoms with Crippen LogP contribution in [0.1, 0.15) is 18.6 Å². The molecular weight excluding hydrogens is 288 g/mol. The number of imide groups is 1. The first-order valence-electron chi connectivity index (χ1n) is 6.84. The van der Waals surface area contributed by atoms with Crippen LogP contribution in [0.3, 0.4) is 0 Å². The standard InChI is InChI=1S/C15H14N2O5/c18-13(8-17-14(19)3-4-15(17)20)16-7-11-1-2-12(22-11)10-5-6-21-9-10/h1-2,5-6,9H,3-4,7-8H2,(H,16,18). The topological polar surface area (TPSA) is 92.8 Å². The lowest BCUT2D eigenvalue weighted by molar-refractivity contribution is -0.142. The zero-order chi connectivity index (χ0) is 15.5. The van der Waals surface area contributed by atoms with Crippen LogP contribution < -0.4 is 5.32 Å². The summed E-state index contributed by atoms with van der Waals surface area (Å²) in [6, 6.07) is 5.29. The molecule has 2 aromatic heterocycles. The normalized spacial score (nSPS) is 14.6. The SMILES string of the molecule is O=C(CN1C(=O)CCC1=O)NCc1ccc(-c2ccoc2)o1. The van der Waals surface area contributed by atoms with Crippen molar-refractivity contribution in [2.24, 2.45) is 0 Å². The third-order valence-corrected chi connectivity index (χ3v) is 3.38. The van der Waals surface area contributed by atoms with Gasteiger partial charge in [-0.1, -0.05) is 0 Å². The van der Waals surface area contributed by atoms with Crippen LogP contribution in [0.5, 0.6) is 0 Å². The van der Waals surface area contributed by atoms with E-state index in [-0.39, 0.29) is 37.7 Å². The van der Waals surface area contributed by atoms with Crippen molar-refractivity contribution in [1.82, 2.24) is 10.2 Å². The van der Waals surface area contributed by atoms with Crippen molar-refractivity contribution in [3.63, 3.8) is 0 Å². The average Bonchev–Trinajstić information content (AvgIpc) is 3.22. The maximum Gasteiger partial charge on any atom is 0.240 e. The summed E-state index contributed by atoms with van der Waals surface area (Å²) in [5.74, 6) is 0.206. The molecule has 1 saturated heterocycles. The molecule has 3 rings (SSSR count). The summed E-state index contributed by atoms with van der Waals surface area (Å²) in [6.45, 7) is -0.0557. The minimum Gasteiger partial charge on any atom is -0.472 e. The molecule has 0 radical (unpaired) electrons. The Kier molecular flexibility index (Phi) is 3.78. The molecule has 3 heterocycles. The molecule has 22 heavy (non-hydrogen) atoms.